The van der Waals surface area contributed by atoms with Gasteiger partial charge in [0, 0.05) is 18.9 Å². The molecule has 0 amide bonds. The summed E-state index contributed by atoms with van der Waals surface area (Å²) in [5, 5.41) is 23.2. The van der Waals surface area contributed by atoms with Gasteiger partial charge in [0.1, 0.15) is 23.0 Å². The smallest absolute Gasteiger partial charge is 0.266 e. The van der Waals surface area contributed by atoms with Gasteiger partial charge in [-0.15, -0.1) is 0 Å². The molecule has 1 aromatic carbocycles. The number of benzene rings is 1. The third-order valence-corrected chi connectivity index (χ3v) is 6.31. The van der Waals surface area contributed by atoms with E-state index in [1.807, 2.05) is 0 Å². The number of hydrogen-bond acceptors (Lipinski definition) is 6. The van der Waals surface area contributed by atoms with Gasteiger partial charge in [-0.1, -0.05) is 6.92 Å². The zero-order valence-corrected chi connectivity index (χ0v) is 17.0. The maximum Gasteiger partial charge on any atom is 0.266 e. The minimum absolute atomic E-state index is 0.00281. The predicted molar refractivity (Wildman–Crippen MR) is 101 cm³/mol. The molecule has 1 aromatic heterocycles. The van der Waals surface area contributed by atoms with Crippen LogP contribution in [0.3, 0.4) is 0 Å². The molecule has 3 rings (SSSR count). The van der Waals surface area contributed by atoms with Crippen LogP contribution in [-0.4, -0.2) is 42.0 Å². The van der Waals surface area contributed by atoms with Crippen LogP contribution in [0.15, 0.2) is 29.3 Å². The molecule has 2 aromatic rings. The molecule has 4 N–H and O–H groups in total. The Labute approximate surface area is 171 Å². The number of aliphatic hydroxyl groups excluding tert-OH is 2. The van der Waals surface area contributed by atoms with Crippen molar-refractivity contribution in [1.82, 2.24) is 9.29 Å². The second-order valence-corrected chi connectivity index (χ2v) is 8.60. The first kappa shape index (κ1) is 22.4. The van der Waals surface area contributed by atoms with Crippen molar-refractivity contribution in [3.05, 3.63) is 41.5 Å². The number of alkyl halides is 2. The predicted octanol–water partition coefficient (Wildman–Crippen LogP) is 2.02. The molecule has 0 fully saturated rings. The van der Waals surface area contributed by atoms with Gasteiger partial charge < -0.3 is 24.8 Å². The van der Waals surface area contributed by atoms with E-state index >= 15 is 0 Å². The summed E-state index contributed by atoms with van der Waals surface area (Å²) in [4.78, 5) is -0.237. The summed E-state index contributed by atoms with van der Waals surface area (Å²) in [6.07, 6.45) is -4.05. The standard InChI is InChI=1S/C18H22F3N3O5S/c1-3-13(25)12-8-29-16-14(30(27,28)23-12)7-24(2)15(16)18(26)22-9-4-5-11(19)10(6-9)17(20)21/h4-7,12-13,17-18,22-23,25-26H,3,8H2,1-2H3/t12-,13?,18?/m1/s1. The molecule has 3 atom stereocenters. The molecule has 0 radical (unpaired) electrons. The highest BCUT2D eigenvalue weighted by Gasteiger charge is 2.36. The number of anilines is 1. The number of aryl methyl sites for hydroxylation is 1. The summed E-state index contributed by atoms with van der Waals surface area (Å²) in [6.45, 7) is 1.50. The molecule has 2 heterocycles. The van der Waals surface area contributed by atoms with E-state index in [0.29, 0.717) is 6.42 Å². The zero-order valence-electron chi connectivity index (χ0n) is 16.1. The van der Waals surface area contributed by atoms with Crippen molar-refractivity contribution < 1.29 is 36.5 Å². The van der Waals surface area contributed by atoms with Crippen LogP contribution in [0.25, 0.3) is 0 Å². The second-order valence-electron chi connectivity index (χ2n) is 6.92. The van der Waals surface area contributed by atoms with Crippen LogP contribution in [0.5, 0.6) is 5.75 Å². The van der Waals surface area contributed by atoms with Crippen molar-refractivity contribution in [2.75, 3.05) is 11.9 Å². The Bertz CT molecular complexity index is 1030. The van der Waals surface area contributed by atoms with E-state index in [-0.39, 0.29) is 28.6 Å². The van der Waals surface area contributed by atoms with E-state index in [2.05, 4.69) is 10.0 Å². The molecule has 166 valence electrons. The van der Waals surface area contributed by atoms with E-state index < -0.39 is 46.2 Å². The molecular formula is C18H22F3N3O5S. The van der Waals surface area contributed by atoms with Crippen LogP contribution >= 0.6 is 0 Å². The number of hydrogen-bond donors (Lipinski definition) is 4. The topological polar surface area (TPSA) is 113 Å². The first-order valence-electron chi connectivity index (χ1n) is 9.09. The SMILES string of the molecule is CCC(O)[C@H]1COc2c(cn(C)c2C(O)Nc2ccc(F)c(C(F)F)c2)S(=O)(=O)N1. The third-order valence-electron chi connectivity index (χ3n) is 4.83. The Morgan fingerprint density at radius 1 is 1.37 bits per heavy atom. The molecule has 8 nitrogen and oxygen atoms in total. The number of halogens is 3. The van der Waals surface area contributed by atoms with Gasteiger partial charge in [0.2, 0.25) is 10.0 Å². The summed E-state index contributed by atoms with van der Waals surface area (Å²) in [7, 11) is -2.58. The second kappa shape index (κ2) is 8.46. The maximum absolute atomic E-state index is 13.5. The van der Waals surface area contributed by atoms with E-state index in [0.717, 1.165) is 12.1 Å². The fourth-order valence-electron chi connectivity index (χ4n) is 3.22. The Morgan fingerprint density at radius 2 is 2.07 bits per heavy atom. The third kappa shape index (κ3) is 4.26. The fourth-order valence-corrected chi connectivity index (χ4v) is 4.67. The molecule has 0 saturated carbocycles. The number of rotatable bonds is 6. The molecule has 12 heteroatoms. The summed E-state index contributed by atoms with van der Waals surface area (Å²) < 4.78 is 74.0. The molecule has 0 aliphatic carbocycles. The highest BCUT2D eigenvalue weighted by molar-refractivity contribution is 7.89. The van der Waals surface area contributed by atoms with Gasteiger partial charge in [-0.2, -0.15) is 0 Å². The number of aromatic nitrogens is 1. The Balaban J connectivity index is 1.94. The van der Waals surface area contributed by atoms with Gasteiger partial charge in [-0.05, 0) is 24.6 Å². The minimum atomic E-state index is -4.06. The van der Waals surface area contributed by atoms with Gasteiger partial charge in [0.15, 0.2) is 12.0 Å². The van der Waals surface area contributed by atoms with Crippen molar-refractivity contribution in [3.8, 4) is 5.75 Å². The Kier molecular flexibility index (Phi) is 6.32. The number of nitrogens with zero attached hydrogens (tertiary/aromatic N) is 1. The van der Waals surface area contributed by atoms with Crippen molar-refractivity contribution in [2.45, 2.75) is 43.0 Å². The van der Waals surface area contributed by atoms with Gasteiger partial charge >= 0.3 is 0 Å². The van der Waals surface area contributed by atoms with Crippen LogP contribution < -0.4 is 14.8 Å². The number of nitrogens with one attached hydrogen (secondary N) is 2. The zero-order chi connectivity index (χ0) is 22.2. The van der Waals surface area contributed by atoms with E-state index in [4.69, 9.17) is 4.74 Å². The van der Waals surface area contributed by atoms with Gasteiger partial charge in [0.05, 0.1) is 17.7 Å². The number of aliphatic hydroxyl groups is 2. The lowest BCUT2D eigenvalue weighted by Crippen LogP contribution is -2.45. The maximum atomic E-state index is 13.5. The Morgan fingerprint density at radius 3 is 2.70 bits per heavy atom. The van der Waals surface area contributed by atoms with E-state index in [1.165, 1.54) is 23.9 Å². The lowest BCUT2D eigenvalue weighted by Gasteiger charge is -2.21. The number of sulfonamides is 1. The molecule has 30 heavy (non-hydrogen) atoms. The van der Waals surface area contributed by atoms with E-state index in [1.54, 1.807) is 6.92 Å². The lowest BCUT2D eigenvalue weighted by atomic mass is 10.1. The summed E-state index contributed by atoms with van der Waals surface area (Å²) in [5.41, 5.74) is -0.815. The van der Waals surface area contributed by atoms with Gasteiger partial charge in [-0.3, -0.25) is 0 Å². The van der Waals surface area contributed by atoms with E-state index in [9.17, 15) is 31.8 Å². The quantitative estimate of drug-likeness (QED) is 0.502. The minimum Gasteiger partial charge on any atom is -0.488 e. The molecule has 1 aliphatic rings. The Hall–Kier alpha value is -2.28. The summed E-state index contributed by atoms with van der Waals surface area (Å²) >= 11 is 0. The molecular weight excluding hydrogens is 427 g/mol. The van der Waals surface area contributed by atoms with Crippen LogP contribution in [0, 0.1) is 5.82 Å². The highest BCUT2D eigenvalue weighted by Crippen LogP contribution is 2.37. The summed E-state index contributed by atoms with van der Waals surface area (Å²) in [5.74, 6) is -1.22. The molecule has 0 bridgehead atoms. The normalized spacial score (nSPS) is 20.2. The van der Waals surface area contributed by atoms with Crippen LogP contribution in [-0.2, 0) is 17.1 Å². The van der Waals surface area contributed by atoms with Gasteiger partial charge in [-0.25, -0.2) is 26.3 Å². The number of fused-ring (bicyclic) bond motifs is 1. The highest BCUT2D eigenvalue weighted by atomic mass is 32.2. The largest absolute Gasteiger partial charge is 0.488 e. The van der Waals surface area contributed by atoms with Crippen molar-refractivity contribution in [2.24, 2.45) is 7.05 Å². The average molecular weight is 449 g/mol. The molecule has 2 unspecified atom stereocenters. The van der Waals surface area contributed by atoms with Crippen LogP contribution in [0.4, 0.5) is 18.9 Å². The van der Waals surface area contributed by atoms with Crippen molar-refractivity contribution in [1.29, 1.82) is 0 Å². The first-order valence-corrected chi connectivity index (χ1v) is 10.6. The van der Waals surface area contributed by atoms with Gasteiger partial charge in [0.25, 0.3) is 6.43 Å². The van der Waals surface area contributed by atoms with Crippen molar-refractivity contribution >= 4 is 15.7 Å². The lowest BCUT2D eigenvalue weighted by molar-refractivity contribution is 0.104. The molecule has 1 aliphatic heterocycles. The first-order chi connectivity index (χ1) is 14.0. The average Bonchev–Trinajstić information content (AvgIpc) is 2.96. The fraction of sp³-hybridized carbons (Fsp3) is 0.444. The number of ether oxygens (including phenoxy) is 1. The monoisotopic (exact) mass is 449 g/mol. The van der Waals surface area contributed by atoms with Crippen molar-refractivity contribution in [3.63, 3.8) is 0 Å². The summed E-state index contributed by atoms with van der Waals surface area (Å²) in [6, 6.07) is 1.97. The molecule has 0 saturated heterocycles. The van der Waals surface area contributed by atoms with Crippen LogP contribution in [0.1, 0.15) is 37.3 Å². The van der Waals surface area contributed by atoms with Crippen LogP contribution in [0.2, 0.25) is 0 Å². The molecule has 0 spiro atoms.